The first kappa shape index (κ1) is 22.8. The number of carbonyl (C=O) groups excluding carboxylic acids is 2. The SMILES string of the molecule is COc1ccc2c(c1)N1CCN(c3ccccc3Cl)C[C@@H]1[C@@H](C(=O)N1CCN(C(C)=O)CC1)C2. The molecule has 0 aromatic heterocycles. The molecule has 0 saturated carbocycles. The third kappa shape index (κ3) is 4.17. The second-order valence-electron chi connectivity index (χ2n) is 9.29. The molecule has 0 aliphatic carbocycles. The highest BCUT2D eigenvalue weighted by Gasteiger charge is 2.43. The minimum absolute atomic E-state index is 0.0305. The van der Waals surface area contributed by atoms with E-state index < -0.39 is 0 Å². The molecule has 8 heteroatoms. The maximum atomic E-state index is 13.9. The van der Waals surface area contributed by atoms with Crippen LogP contribution in [0.1, 0.15) is 12.5 Å². The fourth-order valence-corrected chi connectivity index (χ4v) is 5.85. The van der Waals surface area contributed by atoms with E-state index in [9.17, 15) is 9.59 Å². The van der Waals surface area contributed by atoms with Crippen molar-refractivity contribution >= 4 is 34.8 Å². The lowest BCUT2D eigenvalue weighted by Gasteiger charge is -2.50. The molecule has 2 atom stereocenters. The topological polar surface area (TPSA) is 56.3 Å². The van der Waals surface area contributed by atoms with Gasteiger partial charge in [-0.3, -0.25) is 9.59 Å². The summed E-state index contributed by atoms with van der Waals surface area (Å²) in [6.45, 7) is 6.32. The fourth-order valence-electron chi connectivity index (χ4n) is 5.59. The summed E-state index contributed by atoms with van der Waals surface area (Å²) in [5.41, 5.74) is 3.36. The van der Waals surface area contributed by atoms with Gasteiger partial charge in [-0.25, -0.2) is 0 Å². The van der Waals surface area contributed by atoms with Crippen LogP contribution in [0.2, 0.25) is 5.02 Å². The first-order valence-electron chi connectivity index (χ1n) is 11.9. The van der Waals surface area contributed by atoms with Crippen molar-refractivity contribution in [1.29, 1.82) is 0 Å². The standard InChI is InChI=1S/C26H31ClN4O3/c1-18(32)28-9-11-29(12-10-28)26(33)21-15-19-7-8-20(34-2)16-24(19)31-14-13-30(17-25(21)31)23-6-4-3-5-22(23)27/h3-8,16,21,25H,9-15,17H2,1-2H3/t21-,25+/m0/s1. The van der Waals surface area contributed by atoms with Gasteiger partial charge in [0, 0.05) is 64.5 Å². The Morgan fingerprint density at radius 1 is 0.941 bits per heavy atom. The zero-order valence-corrected chi connectivity index (χ0v) is 20.5. The van der Waals surface area contributed by atoms with Crippen LogP contribution >= 0.6 is 11.6 Å². The van der Waals surface area contributed by atoms with Crippen molar-refractivity contribution in [2.24, 2.45) is 5.92 Å². The van der Waals surface area contributed by atoms with Gasteiger partial charge in [-0.2, -0.15) is 0 Å². The van der Waals surface area contributed by atoms with Crippen LogP contribution in [0.25, 0.3) is 0 Å². The highest BCUT2D eigenvalue weighted by Crippen LogP contribution is 2.40. The van der Waals surface area contributed by atoms with Gasteiger partial charge in [-0.15, -0.1) is 0 Å². The Labute approximate surface area is 205 Å². The van der Waals surface area contributed by atoms with E-state index in [1.165, 1.54) is 5.56 Å². The Morgan fingerprint density at radius 3 is 2.38 bits per heavy atom. The zero-order chi connectivity index (χ0) is 23.8. The average molecular weight is 483 g/mol. The second-order valence-corrected chi connectivity index (χ2v) is 9.70. The number of ether oxygens (including phenoxy) is 1. The van der Waals surface area contributed by atoms with E-state index >= 15 is 0 Å². The molecular formula is C26H31ClN4O3. The number of hydrogen-bond acceptors (Lipinski definition) is 5. The maximum Gasteiger partial charge on any atom is 0.228 e. The molecule has 2 saturated heterocycles. The molecule has 0 spiro atoms. The third-order valence-electron chi connectivity index (χ3n) is 7.47. The largest absolute Gasteiger partial charge is 0.497 e. The van der Waals surface area contributed by atoms with Crippen LogP contribution in [0.3, 0.4) is 0 Å². The van der Waals surface area contributed by atoms with Crippen molar-refractivity contribution in [2.75, 3.05) is 62.7 Å². The Bertz CT molecular complexity index is 1090. The van der Waals surface area contributed by atoms with Crippen LogP contribution in [0.4, 0.5) is 11.4 Å². The minimum Gasteiger partial charge on any atom is -0.497 e. The van der Waals surface area contributed by atoms with E-state index in [1.807, 2.05) is 34.1 Å². The summed E-state index contributed by atoms with van der Waals surface area (Å²) in [6.07, 6.45) is 0.697. The molecule has 0 radical (unpaired) electrons. The van der Waals surface area contributed by atoms with Gasteiger partial charge in [0.2, 0.25) is 11.8 Å². The highest BCUT2D eigenvalue weighted by atomic mass is 35.5. The van der Waals surface area contributed by atoms with Crippen molar-refractivity contribution in [3.8, 4) is 5.75 Å². The van der Waals surface area contributed by atoms with Gasteiger partial charge in [0.15, 0.2) is 0 Å². The minimum atomic E-state index is -0.157. The lowest BCUT2D eigenvalue weighted by molar-refractivity contribution is -0.142. The van der Waals surface area contributed by atoms with E-state index in [0.29, 0.717) is 32.6 Å². The van der Waals surface area contributed by atoms with Crippen molar-refractivity contribution in [3.63, 3.8) is 0 Å². The quantitative estimate of drug-likeness (QED) is 0.673. The molecule has 2 aromatic carbocycles. The molecule has 0 N–H and O–H groups in total. The molecule has 3 heterocycles. The number of anilines is 2. The molecule has 5 rings (SSSR count). The van der Waals surface area contributed by atoms with Crippen molar-refractivity contribution < 1.29 is 14.3 Å². The molecular weight excluding hydrogens is 452 g/mol. The average Bonchev–Trinajstić information content (AvgIpc) is 2.87. The molecule has 7 nitrogen and oxygen atoms in total. The summed E-state index contributed by atoms with van der Waals surface area (Å²) in [6, 6.07) is 14.1. The van der Waals surface area contributed by atoms with Gasteiger partial charge < -0.3 is 24.3 Å². The number of halogens is 1. The van der Waals surface area contributed by atoms with E-state index in [2.05, 4.69) is 28.0 Å². The van der Waals surface area contributed by atoms with Gasteiger partial charge in [-0.1, -0.05) is 29.8 Å². The maximum absolute atomic E-state index is 13.9. The number of carbonyl (C=O) groups is 2. The Hall–Kier alpha value is -2.93. The number of hydrogen-bond donors (Lipinski definition) is 0. The van der Waals surface area contributed by atoms with Crippen molar-refractivity contribution in [3.05, 3.63) is 53.1 Å². The molecule has 180 valence electrons. The van der Waals surface area contributed by atoms with E-state index in [4.69, 9.17) is 16.3 Å². The number of benzene rings is 2. The normalized spacial score (nSPS) is 22.2. The summed E-state index contributed by atoms with van der Waals surface area (Å²) in [7, 11) is 1.68. The summed E-state index contributed by atoms with van der Waals surface area (Å²) >= 11 is 6.53. The number of piperazine rings is 2. The summed E-state index contributed by atoms with van der Waals surface area (Å²) in [5, 5.41) is 0.733. The molecule has 3 aliphatic rings. The van der Waals surface area contributed by atoms with Gasteiger partial charge in [0.1, 0.15) is 5.75 Å². The predicted molar refractivity (Wildman–Crippen MR) is 134 cm³/mol. The van der Waals surface area contributed by atoms with Crippen molar-refractivity contribution in [2.45, 2.75) is 19.4 Å². The monoisotopic (exact) mass is 482 g/mol. The molecule has 2 fully saturated rings. The number of methoxy groups -OCH3 is 1. The van der Waals surface area contributed by atoms with E-state index in [1.54, 1.807) is 14.0 Å². The van der Waals surface area contributed by atoms with Crippen LogP contribution in [-0.4, -0.2) is 80.6 Å². The molecule has 3 aliphatic heterocycles. The molecule has 0 bridgehead atoms. The Balaban J connectivity index is 1.44. The Kier molecular flexibility index (Phi) is 6.30. The number of para-hydroxylation sites is 1. The third-order valence-corrected chi connectivity index (χ3v) is 7.79. The van der Waals surface area contributed by atoms with Crippen LogP contribution in [0.15, 0.2) is 42.5 Å². The van der Waals surface area contributed by atoms with Crippen LogP contribution in [0, 0.1) is 5.92 Å². The smallest absolute Gasteiger partial charge is 0.228 e. The van der Waals surface area contributed by atoms with Gasteiger partial charge in [0.25, 0.3) is 0 Å². The van der Waals surface area contributed by atoms with Gasteiger partial charge in [0.05, 0.1) is 29.8 Å². The van der Waals surface area contributed by atoms with Crippen LogP contribution in [0.5, 0.6) is 5.75 Å². The molecule has 0 unspecified atom stereocenters. The van der Waals surface area contributed by atoms with Gasteiger partial charge >= 0.3 is 0 Å². The van der Waals surface area contributed by atoms with E-state index in [0.717, 1.165) is 41.8 Å². The fraction of sp³-hybridized carbons (Fsp3) is 0.462. The lowest BCUT2D eigenvalue weighted by Crippen LogP contribution is -2.62. The lowest BCUT2D eigenvalue weighted by atomic mass is 9.82. The highest BCUT2D eigenvalue weighted by molar-refractivity contribution is 6.33. The number of fused-ring (bicyclic) bond motifs is 3. The molecule has 2 amide bonds. The number of nitrogens with zero attached hydrogens (tertiary/aromatic N) is 4. The first-order valence-corrected chi connectivity index (χ1v) is 12.3. The second kappa shape index (κ2) is 9.37. The molecule has 34 heavy (non-hydrogen) atoms. The summed E-state index contributed by atoms with van der Waals surface area (Å²) in [5.74, 6) is 0.924. The number of rotatable bonds is 3. The van der Waals surface area contributed by atoms with Crippen LogP contribution < -0.4 is 14.5 Å². The molecule has 2 aromatic rings. The van der Waals surface area contributed by atoms with Crippen LogP contribution in [-0.2, 0) is 16.0 Å². The summed E-state index contributed by atoms with van der Waals surface area (Å²) < 4.78 is 5.50. The Morgan fingerprint density at radius 2 is 1.68 bits per heavy atom. The number of amides is 2. The van der Waals surface area contributed by atoms with E-state index in [-0.39, 0.29) is 23.8 Å². The zero-order valence-electron chi connectivity index (χ0n) is 19.7. The van der Waals surface area contributed by atoms with Gasteiger partial charge in [-0.05, 0) is 30.2 Å². The first-order chi connectivity index (χ1) is 16.5. The predicted octanol–water partition coefficient (Wildman–Crippen LogP) is 2.91. The summed E-state index contributed by atoms with van der Waals surface area (Å²) in [4.78, 5) is 34.1. The van der Waals surface area contributed by atoms with Crippen molar-refractivity contribution in [1.82, 2.24) is 9.80 Å².